The maximum atomic E-state index is 12.5. The maximum Gasteiger partial charge on any atom is 0.513 e. The van der Waals surface area contributed by atoms with Crippen LogP contribution in [-0.2, 0) is 24.4 Å². The molecule has 48 heavy (non-hydrogen) atoms. The molecule has 5 aromatic rings. The van der Waals surface area contributed by atoms with E-state index in [1.54, 1.807) is 60.7 Å². The normalized spacial score (nSPS) is 10.7. The van der Waals surface area contributed by atoms with Crippen molar-refractivity contribution in [2.45, 2.75) is 40.4 Å². The van der Waals surface area contributed by atoms with E-state index in [0.717, 1.165) is 5.56 Å². The summed E-state index contributed by atoms with van der Waals surface area (Å²) in [5, 5.41) is 0. The number of carbonyl (C=O) groups excluding carboxylic acids is 1. The molecule has 5 aromatic carbocycles. The van der Waals surface area contributed by atoms with Gasteiger partial charge in [-0.25, -0.2) is 21.6 Å². The average Bonchev–Trinajstić information content (AvgIpc) is 3.11. The van der Waals surface area contributed by atoms with Crippen molar-refractivity contribution in [1.29, 1.82) is 0 Å². The van der Waals surface area contributed by atoms with Gasteiger partial charge in [0.05, 0.1) is 39.9 Å². The van der Waals surface area contributed by atoms with Crippen LogP contribution in [0.1, 0.15) is 19.4 Å². The second-order valence-corrected chi connectivity index (χ2v) is 13.7. The predicted octanol–water partition coefficient (Wildman–Crippen LogP) is 7.98. The van der Waals surface area contributed by atoms with Crippen LogP contribution in [0, 0.1) is 6.92 Å². The molecule has 0 unspecified atom stereocenters. The molecule has 0 radical (unpaired) electrons. The zero-order valence-electron chi connectivity index (χ0n) is 27.1. The molecule has 0 aliphatic rings. The highest BCUT2D eigenvalue weighted by Gasteiger charge is 2.19. The van der Waals surface area contributed by atoms with Gasteiger partial charge in [-0.1, -0.05) is 54.1 Å². The fraction of sp³-hybridized carbons (Fsp3) is 0.162. The van der Waals surface area contributed by atoms with Crippen LogP contribution >= 0.6 is 0 Å². The first-order valence-electron chi connectivity index (χ1n) is 14.9. The van der Waals surface area contributed by atoms with Gasteiger partial charge in [0.2, 0.25) is 19.7 Å². The van der Waals surface area contributed by atoms with Crippen LogP contribution in [0.3, 0.4) is 0 Å². The lowest BCUT2D eigenvalue weighted by atomic mass is 10.2. The van der Waals surface area contributed by atoms with E-state index in [4.69, 9.17) is 14.2 Å². The third kappa shape index (κ3) is 11.0. The maximum absolute atomic E-state index is 12.5. The lowest BCUT2D eigenvalue weighted by molar-refractivity contribution is 0.121. The SMILES string of the molecule is CCOc1ccc(S(=O)(=O)c2ccc(C)cc2)cc1.CCOc1ccc(S(=O)(=O)c2ccc(OC(=O)OC)cc2)cc1.c1ccccc1. The highest BCUT2D eigenvalue weighted by molar-refractivity contribution is 7.91. The van der Waals surface area contributed by atoms with E-state index in [9.17, 15) is 21.6 Å². The van der Waals surface area contributed by atoms with Crippen molar-refractivity contribution in [3.8, 4) is 17.2 Å². The molecule has 0 aromatic heterocycles. The topological polar surface area (TPSA) is 122 Å². The van der Waals surface area contributed by atoms with E-state index in [-0.39, 0.29) is 20.4 Å². The predicted molar refractivity (Wildman–Crippen MR) is 183 cm³/mol. The highest BCUT2D eigenvalue weighted by Crippen LogP contribution is 2.26. The quantitative estimate of drug-likeness (QED) is 0.112. The molecule has 0 aliphatic carbocycles. The van der Waals surface area contributed by atoms with Crippen molar-refractivity contribution in [2.24, 2.45) is 0 Å². The summed E-state index contributed by atoms with van der Waals surface area (Å²) >= 11 is 0. The van der Waals surface area contributed by atoms with Gasteiger partial charge in [-0.15, -0.1) is 0 Å². The van der Waals surface area contributed by atoms with Crippen molar-refractivity contribution < 1.29 is 40.6 Å². The fourth-order valence-corrected chi connectivity index (χ4v) is 6.48. The van der Waals surface area contributed by atoms with E-state index >= 15 is 0 Å². The van der Waals surface area contributed by atoms with Crippen LogP contribution in [0.2, 0.25) is 0 Å². The Balaban J connectivity index is 0.000000224. The third-order valence-electron chi connectivity index (χ3n) is 6.39. The van der Waals surface area contributed by atoms with Gasteiger partial charge in [0.25, 0.3) is 0 Å². The Morgan fingerprint density at radius 2 is 0.792 bits per heavy atom. The zero-order chi connectivity index (χ0) is 35.0. The Hall–Kier alpha value is -5.13. The van der Waals surface area contributed by atoms with Crippen LogP contribution in [0.5, 0.6) is 17.2 Å². The molecule has 0 aliphatic heterocycles. The molecule has 0 saturated heterocycles. The molecule has 252 valence electrons. The molecule has 0 atom stereocenters. The first kappa shape index (κ1) is 37.3. The number of aryl methyl sites for hydroxylation is 1. The van der Waals surface area contributed by atoms with Crippen molar-refractivity contribution in [1.82, 2.24) is 0 Å². The van der Waals surface area contributed by atoms with E-state index in [1.165, 1.54) is 43.5 Å². The number of carbonyl (C=O) groups is 1. The largest absolute Gasteiger partial charge is 0.513 e. The van der Waals surface area contributed by atoms with E-state index in [2.05, 4.69) is 4.74 Å². The molecule has 0 N–H and O–H groups in total. The molecule has 0 heterocycles. The summed E-state index contributed by atoms with van der Waals surface area (Å²) in [6, 6.07) is 37.0. The molecule has 0 fully saturated rings. The van der Waals surface area contributed by atoms with Gasteiger partial charge in [-0.2, -0.15) is 0 Å². The molecular formula is C37H38O9S2. The van der Waals surface area contributed by atoms with Crippen LogP contribution in [0.4, 0.5) is 4.79 Å². The van der Waals surface area contributed by atoms with Gasteiger partial charge in [-0.3, -0.25) is 0 Å². The van der Waals surface area contributed by atoms with E-state index in [0.29, 0.717) is 29.6 Å². The number of hydrogen-bond acceptors (Lipinski definition) is 9. The number of methoxy groups -OCH3 is 1. The Morgan fingerprint density at radius 1 is 0.500 bits per heavy atom. The Kier molecular flexibility index (Phi) is 14.2. The van der Waals surface area contributed by atoms with Crippen molar-refractivity contribution in [2.75, 3.05) is 20.3 Å². The van der Waals surface area contributed by atoms with Gasteiger partial charge in [-0.05, 0) is 106 Å². The van der Waals surface area contributed by atoms with Crippen LogP contribution < -0.4 is 14.2 Å². The van der Waals surface area contributed by atoms with Crippen LogP contribution in [0.25, 0.3) is 0 Å². The van der Waals surface area contributed by atoms with Gasteiger partial charge >= 0.3 is 6.16 Å². The first-order valence-corrected chi connectivity index (χ1v) is 17.9. The second kappa shape index (κ2) is 18.3. The summed E-state index contributed by atoms with van der Waals surface area (Å²) in [5.74, 6) is 1.47. The molecular weight excluding hydrogens is 653 g/mol. The minimum absolute atomic E-state index is 0.0962. The van der Waals surface area contributed by atoms with Crippen molar-refractivity contribution in [3.63, 3.8) is 0 Å². The summed E-state index contributed by atoms with van der Waals surface area (Å²) in [6.07, 6.45) is -0.868. The molecule has 0 amide bonds. The fourth-order valence-electron chi connectivity index (χ4n) is 3.96. The van der Waals surface area contributed by atoms with Crippen LogP contribution in [-0.4, -0.2) is 43.3 Å². The molecule has 5 rings (SSSR count). The van der Waals surface area contributed by atoms with Crippen LogP contribution in [0.15, 0.2) is 153 Å². The second-order valence-electron chi connectivity index (χ2n) is 9.81. The molecule has 9 nitrogen and oxygen atoms in total. The Bertz CT molecular complexity index is 1880. The van der Waals surface area contributed by atoms with Gasteiger partial charge in [0.15, 0.2) is 0 Å². The molecule has 0 spiro atoms. The van der Waals surface area contributed by atoms with Gasteiger partial charge < -0.3 is 18.9 Å². The average molecular weight is 691 g/mol. The number of sulfone groups is 2. The van der Waals surface area contributed by atoms with Crippen molar-refractivity contribution in [3.05, 3.63) is 139 Å². The lowest BCUT2D eigenvalue weighted by Gasteiger charge is -2.08. The minimum Gasteiger partial charge on any atom is -0.494 e. The summed E-state index contributed by atoms with van der Waals surface area (Å²) in [4.78, 5) is 11.8. The van der Waals surface area contributed by atoms with Gasteiger partial charge in [0.1, 0.15) is 17.2 Å². The first-order chi connectivity index (χ1) is 23.0. The zero-order valence-corrected chi connectivity index (χ0v) is 28.7. The number of rotatable bonds is 9. The smallest absolute Gasteiger partial charge is 0.494 e. The Morgan fingerprint density at radius 3 is 1.08 bits per heavy atom. The van der Waals surface area contributed by atoms with E-state index < -0.39 is 25.8 Å². The molecule has 0 bridgehead atoms. The summed E-state index contributed by atoms with van der Waals surface area (Å²) in [7, 11) is -5.90. The summed E-state index contributed by atoms with van der Waals surface area (Å²) in [6.45, 7) is 6.73. The Labute approximate surface area is 282 Å². The highest BCUT2D eigenvalue weighted by atomic mass is 32.2. The standard InChI is InChI=1S/C16H16O6S.C15H16O3S.C6H6/c1-3-21-12-4-8-14(9-5-12)23(18,19)15-10-6-13(7-11-15)22-16(17)20-2;1-3-18-13-6-10-15(11-7-13)19(16,17)14-8-4-12(2)5-9-14;1-2-4-6-5-3-1/h4-11H,3H2,1-2H3;4-11H,3H2,1-2H3;1-6H. The monoisotopic (exact) mass is 690 g/mol. The van der Waals surface area contributed by atoms with Gasteiger partial charge in [0, 0.05) is 0 Å². The minimum atomic E-state index is -3.65. The number of hydrogen-bond donors (Lipinski definition) is 0. The number of ether oxygens (including phenoxy) is 4. The third-order valence-corrected chi connectivity index (χ3v) is 9.96. The molecule has 0 saturated carbocycles. The molecule has 11 heteroatoms. The van der Waals surface area contributed by atoms with Crippen molar-refractivity contribution >= 4 is 25.8 Å². The van der Waals surface area contributed by atoms with E-state index in [1.807, 2.05) is 57.2 Å². The summed E-state index contributed by atoms with van der Waals surface area (Å²) in [5.41, 5.74) is 1.03. The summed E-state index contributed by atoms with van der Waals surface area (Å²) < 4.78 is 69.5. The lowest BCUT2D eigenvalue weighted by Crippen LogP contribution is -2.07. The number of benzene rings is 5.